The lowest BCUT2D eigenvalue weighted by atomic mass is 10.1. The van der Waals surface area contributed by atoms with Crippen molar-refractivity contribution in [2.75, 3.05) is 18.1 Å². The number of hydrogen-bond donors (Lipinski definition) is 5. The molecule has 0 atom stereocenters. The van der Waals surface area contributed by atoms with Crippen molar-refractivity contribution in [1.82, 2.24) is 0 Å². The van der Waals surface area contributed by atoms with E-state index in [1.165, 1.54) is 36.4 Å². The third-order valence-corrected chi connectivity index (χ3v) is 9.83. The first-order chi connectivity index (χ1) is 21.5. The van der Waals surface area contributed by atoms with E-state index in [1.54, 1.807) is 12.1 Å². The molecule has 4 aromatic carbocycles. The Morgan fingerprint density at radius 2 is 1.51 bits per heavy atom. The average Bonchev–Trinajstić information content (AvgIpc) is 3.01. The van der Waals surface area contributed by atoms with Gasteiger partial charge in [-0.25, -0.2) is 24.2 Å². The van der Waals surface area contributed by atoms with Gasteiger partial charge in [-0.05, 0) is 53.2 Å². The Morgan fingerprint density at radius 3 is 2.22 bits per heavy atom. The lowest BCUT2D eigenvalue weighted by Gasteiger charge is -2.12. The second-order valence-electron chi connectivity index (χ2n) is 8.33. The fourth-order valence-electron chi connectivity index (χ4n) is 3.89. The summed E-state index contributed by atoms with van der Waals surface area (Å²) in [5.74, 6) is -0.526. The van der Waals surface area contributed by atoms with Crippen molar-refractivity contribution in [2.45, 2.75) is 19.6 Å². The first-order valence-corrected chi connectivity index (χ1v) is 16.8. The number of rotatable bonds is 16. The largest absolute Gasteiger partial charge is 0.396 e. The van der Waals surface area contributed by atoms with Gasteiger partial charge in [0.05, 0.1) is 62.5 Å². The molecule has 18 nitrogen and oxygen atoms in total. The molecule has 242 valence electrons. The fourth-order valence-corrected chi connectivity index (χ4v) is 7.10. The van der Waals surface area contributed by atoms with Crippen LogP contribution in [0.3, 0.4) is 0 Å². The van der Waals surface area contributed by atoms with Gasteiger partial charge in [-0.2, -0.15) is 13.5 Å². The van der Waals surface area contributed by atoms with Crippen LogP contribution in [0.25, 0.3) is 21.5 Å². The summed E-state index contributed by atoms with van der Waals surface area (Å²) in [6.45, 7) is -0.363. The molecule has 0 heterocycles. The molecule has 0 amide bonds. The lowest BCUT2D eigenvalue weighted by Crippen LogP contribution is -2.12. The second kappa shape index (κ2) is 15.7. The van der Waals surface area contributed by atoms with E-state index in [-0.39, 0.29) is 61.5 Å². The van der Waals surface area contributed by atoms with Crippen LogP contribution in [0.1, 0.15) is 0 Å². The van der Waals surface area contributed by atoms with E-state index in [9.17, 15) is 21.4 Å². The Morgan fingerprint density at radius 1 is 0.778 bits per heavy atom. The molecule has 0 aromatic heterocycles. The van der Waals surface area contributed by atoms with Gasteiger partial charge in [0.2, 0.25) is 0 Å². The van der Waals surface area contributed by atoms with Gasteiger partial charge in [-0.3, -0.25) is 8.74 Å². The summed E-state index contributed by atoms with van der Waals surface area (Å²) < 4.78 is 77.1. The number of sulfone groups is 1. The molecule has 0 bridgehead atoms. The molecular formula is C22H19N3O15S5. The molecule has 0 aliphatic carbocycles. The molecule has 0 aliphatic heterocycles. The van der Waals surface area contributed by atoms with E-state index in [1.807, 2.05) is 0 Å². The van der Waals surface area contributed by atoms with Crippen LogP contribution in [0.15, 0.2) is 84.4 Å². The van der Waals surface area contributed by atoms with Gasteiger partial charge >= 0.3 is 0 Å². The molecule has 0 fully saturated rings. The third-order valence-electron chi connectivity index (χ3n) is 5.72. The van der Waals surface area contributed by atoms with Crippen LogP contribution < -0.4 is 5.73 Å². The first kappa shape index (κ1) is 35.2. The second-order valence-corrected chi connectivity index (χ2v) is 13.8. The molecule has 0 aliphatic rings. The minimum atomic E-state index is -4.52. The molecule has 0 spiro atoms. The normalized spacial score (nSPS) is 12.5. The summed E-state index contributed by atoms with van der Waals surface area (Å²) in [6.07, 6.45) is 0. The zero-order chi connectivity index (χ0) is 32.6. The van der Waals surface area contributed by atoms with E-state index in [2.05, 4.69) is 38.3 Å². The monoisotopic (exact) mass is 725 g/mol. The predicted octanol–water partition coefficient (Wildman–Crippen LogP) is 5.87. The van der Waals surface area contributed by atoms with Crippen LogP contribution in [0, 0.1) is 0 Å². The van der Waals surface area contributed by atoms with Crippen LogP contribution in [0.5, 0.6) is 0 Å². The molecule has 0 unspecified atom stereocenters. The van der Waals surface area contributed by atoms with Gasteiger partial charge in [-0.15, -0.1) is 18.1 Å². The highest BCUT2D eigenvalue weighted by atomic mass is 32.2. The summed E-state index contributed by atoms with van der Waals surface area (Å²) in [7, 11) is -8.57. The van der Waals surface area contributed by atoms with Crippen molar-refractivity contribution in [1.29, 1.82) is 0 Å². The number of benzene rings is 4. The Hall–Kier alpha value is -2.69. The predicted molar refractivity (Wildman–Crippen MR) is 158 cm³/mol. The molecule has 23 heteroatoms. The topological polar surface area (TPSA) is 265 Å². The van der Waals surface area contributed by atoms with Crippen molar-refractivity contribution in [2.24, 2.45) is 10.2 Å². The number of hydrogen-bond acceptors (Lipinski definition) is 20. The van der Waals surface area contributed by atoms with Crippen molar-refractivity contribution in [3.63, 3.8) is 0 Å². The van der Waals surface area contributed by atoms with Gasteiger partial charge in [-0.1, -0.05) is 27.2 Å². The molecule has 4 rings (SSSR count). The van der Waals surface area contributed by atoms with Crippen LogP contribution >= 0.6 is 36.4 Å². The lowest BCUT2D eigenvalue weighted by molar-refractivity contribution is -0.434. The van der Waals surface area contributed by atoms with Crippen LogP contribution in [-0.2, 0) is 52.3 Å². The molecule has 0 saturated heterocycles. The van der Waals surface area contributed by atoms with Crippen molar-refractivity contribution in [3.8, 4) is 0 Å². The zero-order valence-electron chi connectivity index (χ0n) is 21.9. The number of anilines is 1. The van der Waals surface area contributed by atoms with Crippen LogP contribution in [0.4, 0.5) is 17.1 Å². The van der Waals surface area contributed by atoms with Gasteiger partial charge < -0.3 is 5.73 Å². The van der Waals surface area contributed by atoms with Crippen molar-refractivity contribution in [3.05, 3.63) is 54.6 Å². The third kappa shape index (κ3) is 8.98. The first-order valence-electron chi connectivity index (χ1n) is 11.6. The summed E-state index contributed by atoms with van der Waals surface area (Å²) in [5.41, 5.74) is 6.53. The summed E-state index contributed by atoms with van der Waals surface area (Å²) in [4.78, 5) is -0.185. The highest BCUT2D eigenvalue weighted by Crippen LogP contribution is 2.42. The maximum absolute atomic E-state index is 13.3. The Balaban J connectivity index is 1.77. The van der Waals surface area contributed by atoms with Gasteiger partial charge in [0.15, 0.2) is 22.2 Å². The van der Waals surface area contributed by atoms with Crippen molar-refractivity contribution < 1.29 is 69.5 Å². The van der Waals surface area contributed by atoms with Crippen LogP contribution in [0.2, 0.25) is 0 Å². The van der Waals surface area contributed by atoms with E-state index in [0.29, 0.717) is 34.9 Å². The summed E-state index contributed by atoms with van der Waals surface area (Å²) in [6, 6.07) is 12.4. The molecule has 6 N–H and O–H groups in total. The number of azo groups is 1. The zero-order valence-corrected chi connectivity index (χ0v) is 26.0. The smallest absolute Gasteiger partial charge is 0.294 e. The molecule has 45 heavy (non-hydrogen) atoms. The van der Waals surface area contributed by atoms with Gasteiger partial charge in [0, 0.05) is 15.7 Å². The molecule has 0 saturated carbocycles. The minimum Gasteiger partial charge on any atom is -0.396 e. The number of fused-ring (bicyclic) bond motifs is 2. The molecule has 4 aromatic rings. The Bertz CT molecular complexity index is 1930. The number of nitrogens with zero attached hydrogens (tertiary/aromatic N) is 2. The van der Waals surface area contributed by atoms with E-state index < -0.39 is 30.6 Å². The molecular weight excluding hydrogens is 707 g/mol. The van der Waals surface area contributed by atoms with Gasteiger partial charge in [0.25, 0.3) is 10.1 Å². The van der Waals surface area contributed by atoms with E-state index in [0.717, 1.165) is 6.07 Å². The van der Waals surface area contributed by atoms with E-state index in [4.69, 9.17) is 25.7 Å². The average molecular weight is 726 g/mol. The maximum Gasteiger partial charge on any atom is 0.294 e. The van der Waals surface area contributed by atoms with Crippen molar-refractivity contribution >= 4 is 95.0 Å². The summed E-state index contributed by atoms with van der Waals surface area (Å²) in [5, 5.41) is 45.6. The number of nitrogen functional groups attached to an aromatic ring is 1. The summed E-state index contributed by atoms with van der Waals surface area (Å²) >= 11 is 1.22. The maximum atomic E-state index is 13.3. The van der Waals surface area contributed by atoms with E-state index >= 15 is 0 Å². The van der Waals surface area contributed by atoms with Gasteiger partial charge in [0.1, 0.15) is 5.69 Å². The highest BCUT2D eigenvalue weighted by Gasteiger charge is 2.21. The number of nitrogens with two attached hydrogens (primary N) is 1. The SMILES string of the molecule is Nc1c(N=Nc2ccc3cc(SOOO)cc(S(=O)(=O)CCOSOOO)c3c2)c(SOOO)cc2cc(S(=O)(=O)O)ccc12. The minimum absolute atomic E-state index is 0.0208. The standard InChI is InChI=1S/C22H19N3O15S5/c23-21-17-4-3-16(45(31,32)33)8-13(17)9-19(42-39-36-27)22(21)25-24-14-2-1-12-7-15(41-38-35-26)11-20(18(12)10-14)44(29,30)6-5-34-43-40-37-28/h1-4,7-11,26-28H,5-6,23H2,(H,31,32,33). The Labute approximate surface area is 266 Å². The highest BCUT2D eigenvalue weighted by molar-refractivity contribution is 7.95. The quantitative estimate of drug-likeness (QED) is 0.0172. The Kier molecular flexibility index (Phi) is 12.3. The molecule has 0 radical (unpaired) electrons. The fraction of sp³-hybridized carbons (Fsp3) is 0.0909. The van der Waals surface area contributed by atoms with Crippen LogP contribution in [-0.4, -0.2) is 49.5 Å².